The van der Waals surface area contributed by atoms with Gasteiger partial charge in [0.15, 0.2) is 17.4 Å². The molecule has 1 heterocycles. The smallest absolute Gasteiger partial charge is 0.218 e. The first kappa shape index (κ1) is 24.3. The number of nitrogens with one attached hydrogen (secondary N) is 1. The van der Waals surface area contributed by atoms with Crippen LogP contribution in [0.5, 0.6) is 5.75 Å². The molecule has 2 aromatic rings. The minimum atomic E-state index is -1.03. The van der Waals surface area contributed by atoms with Gasteiger partial charge in [-0.15, -0.1) is 12.4 Å². The van der Waals surface area contributed by atoms with Crippen LogP contribution >= 0.6 is 24.0 Å². The van der Waals surface area contributed by atoms with Crippen molar-refractivity contribution in [3.05, 3.63) is 65.0 Å². The molecule has 3 nitrogen and oxygen atoms in total. The average molecular weight is 436 g/mol. The predicted octanol–water partition coefficient (Wildman–Crippen LogP) is 5.34. The topological polar surface area (TPSA) is 38.3 Å². The molecule has 0 radical (unpaired) electrons. The maximum Gasteiger partial charge on any atom is 0.218 e. The number of ether oxygens (including phenoxy) is 1. The van der Waals surface area contributed by atoms with Crippen molar-refractivity contribution in [1.29, 1.82) is 0 Å². The van der Waals surface area contributed by atoms with Crippen LogP contribution in [0.1, 0.15) is 36.8 Å². The quantitative estimate of drug-likeness (QED) is 0.658. The van der Waals surface area contributed by atoms with Gasteiger partial charge in [-0.3, -0.25) is 4.79 Å². The second-order valence-corrected chi connectivity index (χ2v) is 6.71. The van der Waals surface area contributed by atoms with Crippen molar-refractivity contribution in [2.45, 2.75) is 32.3 Å². The van der Waals surface area contributed by atoms with Gasteiger partial charge in [0.1, 0.15) is 12.4 Å². The van der Waals surface area contributed by atoms with Crippen LogP contribution in [0.3, 0.4) is 0 Å². The standard InChI is InChI=1S/C18H18F3NO.C2H3ClO.ClH/c19-14-9-16(20)18(17(21)10-14)23-11-13-3-1-2-4-15(13)12-5-7-22-8-6-12;1-2(3)4;/h1-4,9-10,12,22H,5-8,11H2;1H3;1H. The van der Waals surface area contributed by atoms with Gasteiger partial charge >= 0.3 is 0 Å². The van der Waals surface area contributed by atoms with E-state index in [1.165, 1.54) is 6.92 Å². The lowest BCUT2D eigenvalue weighted by Crippen LogP contribution is -2.27. The van der Waals surface area contributed by atoms with Gasteiger partial charge in [0.25, 0.3) is 0 Å². The summed E-state index contributed by atoms with van der Waals surface area (Å²) in [6.07, 6.45) is 2.05. The highest BCUT2D eigenvalue weighted by atomic mass is 35.5. The van der Waals surface area contributed by atoms with Crippen molar-refractivity contribution >= 4 is 29.3 Å². The summed E-state index contributed by atoms with van der Waals surface area (Å²) >= 11 is 4.64. The molecular weight excluding hydrogens is 414 g/mol. The Bertz CT molecular complexity index is 757. The summed E-state index contributed by atoms with van der Waals surface area (Å²) in [4.78, 5) is 9.21. The summed E-state index contributed by atoms with van der Waals surface area (Å²) in [7, 11) is 0. The van der Waals surface area contributed by atoms with E-state index in [1.807, 2.05) is 24.3 Å². The molecule has 0 spiro atoms. The number of carbonyl (C=O) groups excluding carboxylic acids is 1. The SMILES string of the molecule is CC(=O)Cl.Cl.Fc1cc(F)c(OCc2ccccc2C2CCNCC2)c(F)c1. The Morgan fingerprint density at radius 1 is 1.14 bits per heavy atom. The van der Waals surface area contributed by atoms with Gasteiger partial charge in [-0.05, 0) is 54.6 Å². The van der Waals surface area contributed by atoms with Crippen molar-refractivity contribution in [1.82, 2.24) is 5.32 Å². The van der Waals surface area contributed by atoms with Crippen LogP contribution in [0, 0.1) is 17.5 Å². The lowest BCUT2D eigenvalue weighted by atomic mass is 9.87. The van der Waals surface area contributed by atoms with Gasteiger partial charge in [0.2, 0.25) is 5.24 Å². The fourth-order valence-corrected chi connectivity index (χ4v) is 3.01. The molecule has 1 saturated heterocycles. The average Bonchev–Trinajstić information content (AvgIpc) is 2.61. The minimum Gasteiger partial charge on any atom is -0.483 e. The molecule has 0 saturated carbocycles. The maximum absolute atomic E-state index is 13.7. The van der Waals surface area contributed by atoms with E-state index in [9.17, 15) is 18.0 Å². The molecular formula is C20H22Cl2F3NO2. The zero-order valence-electron chi connectivity index (χ0n) is 15.3. The molecule has 0 unspecified atom stereocenters. The molecule has 2 aromatic carbocycles. The molecule has 154 valence electrons. The van der Waals surface area contributed by atoms with Crippen LogP contribution in [0.15, 0.2) is 36.4 Å². The van der Waals surface area contributed by atoms with E-state index >= 15 is 0 Å². The first-order valence-electron chi connectivity index (χ1n) is 8.60. The Labute approximate surface area is 173 Å². The third-order valence-electron chi connectivity index (χ3n) is 4.17. The highest BCUT2D eigenvalue weighted by Crippen LogP contribution is 2.30. The van der Waals surface area contributed by atoms with E-state index in [2.05, 4.69) is 16.9 Å². The van der Waals surface area contributed by atoms with Gasteiger partial charge in [-0.2, -0.15) is 0 Å². The first-order chi connectivity index (χ1) is 12.9. The van der Waals surface area contributed by atoms with Crippen molar-refractivity contribution < 1.29 is 22.7 Å². The summed E-state index contributed by atoms with van der Waals surface area (Å²) in [6, 6.07) is 9.01. The highest BCUT2D eigenvalue weighted by Gasteiger charge is 2.19. The fourth-order valence-electron chi connectivity index (χ4n) is 3.01. The Hall–Kier alpha value is -1.76. The lowest BCUT2D eigenvalue weighted by Gasteiger charge is -2.25. The Balaban J connectivity index is 0.000000717. The maximum atomic E-state index is 13.7. The summed E-state index contributed by atoms with van der Waals surface area (Å²) in [5, 5.41) is 2.95. The number of hydrogen-bond donors (Lipinski definition) is 1. The van der Waals surface area contributed by atoms with Crippen LogP contribution in [-0.4, -0.2) is 18.3 Å². The van der Waals surface area contributed by atoms with Crippen LogP contribution < -0.4 is 10.1 Å². The van der Waals surface area contributed by atoms with E-state index in [-0.39, 0.29) is 24.3 Å². The summed E-state index contributed by atoms with van der Waals surface area (Å²) in [5.74, 6) is -3.13. The van der Waals surface area contributed by atoms with Crippen LogP contribution in [0.4, 0.5) is 13.2 Å². The van der Waals surface area contributed by atoms with Crippen molar-refractivity contribution in [2.24, 2.45) is 0 Å². The number of halogens is 5. The van der Waals surface area contributed by atoms with Gasteiger partial charge in [-0.1, -0.05) is 24.3 Å². The molecule has 1 aliphatic rings. The third-order valence-corrected chi connectivity index (χ3v) is 4.17. The van der Waals surface area contributed by atoms with Gasteiger partial charge in [0.05, 0.1) is 0 Å². The summed E-state index contributed by atoms with van der Waals surface area (Å²) < 4.78 is 45.6. The first-order valence-corrected chi connectivity index (χ1v) is 8.98. The van der Waals surface area contributed by atoms with Gasteiger partial charge < -0.3 is 10.1 Å². The predicted molar refractivity (Wildman–Crippen MR) is 106 cm³/mol. The second kappa shape index (κ2) is 11.9. The molecule has 0 atom stereocenters. The molecule has 3 rings (SSSR count). The summed E-state index contributed by atoms with van der Waals surface area (Å²) in [5.41, 5.74) is 2.06. The van der Waals surface area contributed by atoms with Gasteiger partial charge in [-0.25, -0.2) is 13.2 Å². The second-order valence-electron chi connectivity index (χ2n) is 6.18. The normalized spacial score (nSPS) is 13.8. The Morgan fingerprint density at radius 2 is 1.68 bits per heavy atom. The highest BCUT2D eigenvalue weighted by molar-refractivity contribution is 6.62. The Morgan fingerprint density at radius 3 is 2.25 bits per heavy atom. The van der Waals surface area contributed by atoms with E-state index in [0.717, 1.165) is 37.1 Å². The van der Waals surface area contributed by atoms with Crippen LogP contribution in [-0.2, 0) is 11.4 Å². The van der Waals surface area contributed by atoms with E-state index in [0.29, 0.717) is 18.1 Å². The molecule has 0 amide bonds. The molecule has 0 aromatic heterocycles. The van der Waals surface area contributed by atoms with E-state index in [4.69, 9.17) is 4.74 Å². The summed E-state index contributed by atoms with van der Waals surface area (Å²) in [6.45, 7) is 3.27. The van der Waals surface area contributed by atoms with Crippen LogP contribution in [0.2, 0.25) is 0 Å². The number of carbonyl (C=O) groups is 1. The van der Waals surface area contributed by atoms with Crippen molar-refractivity contribution in [3.63, 3.8) is 0 Å². The molecule has 1 fully saturated rings. The molecule has 8 heteroatoms. The molecule has 0 aliphatic carbocycles. The number of piperidine rings is 1. The fraction of sp³-hybridized carbons (Fsp3) is 0.350. The number of hydrogen-bond acceptors (Lipinski definition) is 3. The van der Waals surface area contributed by atoms with Crippen LogP contribution in [0.25, 0.3) is 0 Å². The minimum absolute atomic E-state index is 0. The van der Waals surface area contributed by atoms with E-state index in [1.54, 1.807) is 0 Å². The lowest BCUT2D eigenvalue weighted by molar-refractivity contribution is -0.109. The zero-order chi connectivity index (χ0) is 19.8. The molecule has 1 aliphatic heterocycles. The van der Waals surface area contributed by atoms with Gasteiger partial charge in [0, 0.05) is 19.1 Å². The molecule has 0 bridgehead atoms. The number of rotatable bonds is 4. The van der Waals surface area contributed by atoms with Crippen molar-refractivity contribution in [3.8, 4) is 5.75 Å². The molecule has 1 N–H and O–H groups in total. The largest absolute Gasteiger partial charge is 0.483 e. The van der Waals surface area contributed by atoms with E-state index < -0.39 is 23.2 Å². The molecule has 28 heavy (non-hydrogen) atoms. The monoisotopic (exact) mass is 435 g/mol. The number of benzene rings is 2. The third kappa shape index (κ3) is 7.34. The zero-order valence-corrected chi connectivity index (χ0v) is 16.9. The Kier molecular flexibility index (Phi) is 10.4. The van der Waals surface area contributed by atoms with Crippen molar-refractivity contribution in [2.75, 3.05) is 13.1 Å².